The Bertz CT molecular complexity index is 662. The van der Waals surface area contributed by atoms with E-state index >= 15 is 0 Å². The van der Waals surface area contributed by atoms with Crippen LogP contribution in [0.1, 0.15) is 10.4 Å². The molecule has 0 atom stereocenters. The van der Waals surface area contributed by atoms with Crippen LogP contribution in [-0.2, 0) is 0 Å². The minimum absolute atomic E-state index is 0.145. The molecule has 0 aliphatic carbocycles. The molecule has 2 rings (SSSR count). The van der Waals surface area contributed by atoms with Crippen LogP contribution >= 0.6 is 11.6 Å². The Hall–Kier alpha value is -2.27. The van der Waals surface area contributed by atoms with Crippen molar-refractivity contribution >= 4 is 28.9 Å². The minimum Gasteiger partial charge on any atom is -0.496 e. The van der Waals surface area contributed by atoms with E-state index in [2.05, 4.69) is 5.32 Å². The van der Waals surface area contributed by atoms with Gasteiger partial charge in [-0.1, -0.05) is 11.6 Å². The number of anilines is 2. The lowest BCUT2D eigenvalue weighted by atomic mass is 10.1. The quantitative estimate of drug-likeness (QED) is 0.854. The fraction of sp³-hybridized carbons (Fsp3) is 0.0714. The molecule has 104 valence electrons. The number of rotatable bonds is 3. The number of hydrogen-bond acceptors (Lipinski definition) is 3. The molecule has 0 aliphatic heterocycles. The zero-order valence-electron chi connectivity index (χ0n) is 10.6. The van der Waals surface area contributed by atoms with E-state index in [1.165, 1.54) is 31.4 Å². The van der Waals surface area contributed by atoms with E-state index < -0.39 is 11.7 Å². The summed E-state index contributed by atoms with van der Waals surface area (Å²) in [4.78, 5) is 12.2. The molecule has 0 fully saturated rings. The maximum absolute atomic E-state index is 12.9. The van der Waals surface area contributed by atoms with Crippen LogP contribution in [0.3, 0.4) is 0 Å². The maximum Gasteiger partial charge on any atom is 0.259 e. The van der Waals surface area contributed by atoms with Gasteiger partial charge in [-0.2, -0.15) is 0 Å². The largest absolute Gasteiger partial charge is 0.496 e. The molecule has 0 saturated heterocycles. The van der Waals surface area contributed by atoms with E-state index in [0.29, 0.717) is 22.0 Å². The van der Waals surface area contributed by atoms with Gasteiger partial charge in [0, 0.05) is 5.02 Å². The van der Waals surface area contributed by atoms with Crippen molar-refractivity contribution < 1.29 is 13.9 Å². The normalized spacial score (nSPS) is 10.2. The van der Waals surface area contributed by atoms with Gasteiger partial charge in [0.05, 0.1) is 24.0 Å². The highest BCUT2D eigenvalue weighted by Crippen LogP contribution is 2.25. The Morgan fingerprint density at radius 1 is 1.30 bits per heavy atom. The monoisotopic (exact) mass is 294 g/mol. The highest BCUT2D eigenvalue weighted by atomic mass is 35.5. The third-order valence-electron chi connectivity index (χ3n) is 2.67. The lowest BCUT2D eigenvalue weighted by molar-refractivity contribution is 0.102. The molecule has 0 saturated carbocycles. The van der Waals surface area contributed by atoms with Crippen LogP contribution in [0, 0.1) is 5.82 Å². The topological polar surface area (TPSA) is 64.3 Å². The summed E-state index contributed by atoms with van der Waals surface area (Å²) >= 11 is 5.83. The van der Waals surface area contributed by atoms with Crippen LogP contribution in [0.4, 0.5) is 15.8 Å². The van der Waals surface area contributed by atoms with Crippen molar-refractivity contribution in [3.63, 3.8) is 0 Å². The molecule has 1 amide bonds. The summed E-state index contributed by atoms with van der Waals surface area (Å²) in [6.07, 6.45) is 0. The SMILES string of the molecule is COc1cc(Cl)ccc1C(=O)Nc1ccc(F)cc1N. The Morgan fingerprint density at radius 2 is 2.05 bits per heavy atom. The van der Waals surface area contributed by atoms with E-state index in [1.54, 1.807) is 6.07 Å². The zero-order valence-corrected chi connectivity index (χ0v) is 11.4. The molecular formula is C14H12ClFN2O2. The molecule has 0 unspecified atom stereocenters. The summed E-state index contributed by atoms with van der Waals surface area (Å²) < 4.78 is 18.0. The van der Waals surface area contributed by atoms with E-state index in [9.17, 15) is 9.18 Å². The molecule has 0 radical (unpaired) electrons. The molecule has 3 N–H and O–H groups in total. The second kappa shape index (κ2) is 5.79. The minimum atomic E-state index is -0.468. The zero-order chi connectivity index (χ0) is 14.7. The highest BCUT2D eigenvalue weighted by Gasteiger charge is 2.14. The van der Waals surface area contributed by atoms with Crippen LogP contribution in [0.15, 0.2) is 36.4 Å². The third-order valence-corrected chi connectivity index (χ3v) is 2.91. The van der Waals surface area contributed by atoms with Crippen molar-refractivity contribution in [2.75, 3.05) is 18.2 Å². The van der Waals surface area contributed by atoms with Crippen LogP contribution in [-0.4, -0.2) is 13.0 Å². The van der Waals surface area contributed by atoms with E-state index in [-0.39, 0.29) is 5.69 Å². The predicted octanol–water partition coefficient (Wildman–Crippen LogP) is 3.32. The van der Waals surface area contributed by atoms with Crippen molar-refractivity contribution in [1.29, 1.82) is 0 Å². The Labute approximate surface area is 120 Å². The Balaban J connectivity index is 2.28. The van der Waals surface area contributed by atoms with Crippen LogP contribution in [0.25, 0.3) is 0 Å². The Kier molecular flexibility index (Phi) is 4.10. The molecule has 0 spiro atoms. The van der Waals surface area contributed by atoms with Gasteiger partial charge in [-0.05, 0) is 36.4 Å². The number of methoxy groups -OCH3 is 1. The van der Waals surface area contributed by atoms with Gasteiger partial charge in [0.1, 0.15) is 11.6 Å². The maximum atomic E-state index is 12.9. The first kappa shape index (κ1) is 14.1. The smallest absolute Gasteiger partial charge is 0.259 e. The highest BCUT2D eigenvalue weighted by molar-refractivity contribution is 6.31. The van der Waals surface area contributed by atoms with Crippen molar-refractivity contribution in [2.24, 2.45) is 0 Å². The molecule has 0 aromatic heterocycles. The number of ether oxygens (including phenoxy) is 1. The number of amides is 1. The molecule has 4 nitrogen and oxygen atoms in total. The number of nitrogens with one attached hydrogen (secondary N) is 1. The summed E-state index contributed by atoms with van der Waals surface area (Å²) in [7, 11) is 1.44. The van der Waals surface area contributed by atoms with Gasteiger partial charge in [0.25, 0.3) is 5.91 Å². The summed E-state index contributed by atoms with van der Waals surface area (Å²) in [5.74, 6) is -0.544. The number of carbonyl (C=O) groups excluding carboxylic acids is 1. The standard InChI is InChI=1S/C14H12ClFN2O2/c1-20-13-6-8(15)2-4-10(13)14(19)18-12-5-3-9(16)7-11(12)17/h2-7H,17H2,1H3,(H,18,19). The van der Waals surface area contributed by atoms with Gasteiger partial charge in [0.15, 0.2) is 0 Å². The lowest BCUT2D eigenvalue weighted by Gasteiger charge is -2.11. The van der Waals surface area contributed by atoms with Crippen molar-refractivity contribution in [2.45, 2.75) is 0 Å². The number of halogens is 2. The van der Waals surface area contributed by atoms with Crippen LogP contribution < -0.4 is 15.8 Å². The van der Waals surface area contributed by atoms with Gasteiger partial charge in [-0.15, -0.1) is 0 Å². The number of hydrogen-bond donors (Lipinski definition) is 2. The third kappa shape index (κ3) is 3.00. The van der Waals surface area contributed by atoms with E-state index in [4.69, 9.17) is 22.1 Å². The fourth-order valence-corrected chi connectivity index (χ4v) is 1.85. The van der Waals surface area contributed by atoms with Gasteiger partial charge >= 0.3 is 0 Å². The first-order valence-corrected chi connectivity index (χ1v) is 6.09. The number of benzene rings is 2. The summed E-state index contributed by atoms with van der Waals surface area (Å²) in [5, 5.41) is 3.05. The van der Waals surface area contributed by atoms with Crippen LogP contribution in [0.5, 0.6) is 5.75 Å². The van der Waals surface area contributed by atoms with Gasteiger partial charge in [0.2, 0.25) is 0 Å². The van der Waals surface area contributed by atoms with Crippen molar-refractivity contribution in [3.05, 3.63) is 52.8 Å². The molecule has 0 heterocycles. The van der Waals surface area contributed by atoms with Crippen molar-refractivity contribution in [1.82, 2.24) is 0 Å². The molecule has 20 heavy (non-hydrogen) atoms. The molecular weight excluding hydrogens is 283 g/mol. The summed E-state index contributed by atoms with van der Waals surface area (Å²) in [6.45, 7) is 0. The first-order chi connectivity index (χ1) is 9.51. The molecule has 2 aromatic rings. The van der Waals surface area contributed by atoms with Gasteiger partial charge < -0.3 is 15.8 Å². The van der Waals surface area contributed by atoms with Gasteiger partial charge in [-0.3, -0.25) is 4.79 Å². The first-order valence-electron chi connectivity index (χ1n) is 5.71. The Morgan fingerprint density at radius 3 is 2.70 bits per heavy atom. The average molecular weight is 295 g/mol. The predicted molar refractivity (Wildman–Crippen MR) is 76.8 cm³/mol. The molecule has 6 heteroatoms. The molecule has 2 aromatic carbocycles. The van der Waals surface area contributed by atoms with E-state index in [1.807, 2.05) is 0 Å². The van der Waals surface area contributed by atoms with Crippen LogP contribution in [0.2, 0.25) is 5.02 Å². The van der Waals surface area contributed by atoms with E-state index in [0.717, 1.165) is 6.07 Å². The second-order valence-corrected chi connectivity index (χ2v) is 4.47. The average Bonchev–Trinajstić information content (AvgIpc) is 2.41. The molecule has 0 aliphatic rings. The number of nitrogens with two attached hydrogens (primary N) is 1. The number of nitrogen functional groups attached to an aromatic ring is 1. The summed E-state index contributed by atoms with van der Waals surface area (Å²) in [5.41, 5.74) is 6.41. The second-order valence-electron chi connectivity index (χ2n) is 4.03. The van der Waals surface area contributed by atoms with Gasteiger partial charge in [-0.25, -0.2) is 4.39 Å². The fourth-order valence-electron chi connectivity index (χ4n) is 1.69. The number of carbonyl (C=O) groups is 1. The van der Waals surface area contributed by atoms with Crippen molar-refractivity contribution in [3.8, 4) is 5.75 Å². The molecule has 0 bridgehead atoms. The summed E-state index contributed by atoms with van der Waals surface area (Å²) in [6, 6.07) is 8.39. The lowest BCUT2D eigenvalue weighted by Crippen LogP contribution is -2.14.